The molecule has 0 aliphatic carbocycles. The molecule has 0 heterocycles. The molecule has 0 radical (unpaired) electrons. The molecule has 0 aliphatic heterocycles. The average molecular weight is 223 g/mol. The number of aliphatic hydroxyl groups is 1. The second kappa shape index (κ2) is 6.51. The van der Waals surface area contributed by atoms with Crippen molar-refractivity contribution >= 4 is 0 Å². The normalized spacial score (nSPS) is 12.5. The maximum atomic E-state index is 9.16. The molecule has 0 amide bonds. The van der Waals surface area contributed by atoms with Gasteiger partial charge in [-0.05, 0) is 25.0 Å². The summed E-state index contributed by atoms with van der Waals surface area (Å²) >= 11 is 0. The van der Waals surface area contributed by atoms with Gasteiger partial charge in [0.1, 0.15) is 5.75 Å². The van der Waals surface area contributed by atoms with E-state index in [1.54, 1.807) is 14.0 Å². The third-order valence-electron chi connectivity index (χ3n) is 2.51. The Morgan fingerprint density at radius 1 is 1.44 bits per heavy atom. The Bertz CT molecular complexity index is 324. The quantitative estimate of drug-likeness (QED) is 0.771. The van der Waals surface area contributed by atoms with Crippen LogP contribution in [0.3, 0.4) is 0 Å². The van der Waals surface area contributed by atoms with Crippen molar-refractivity contribution in [1.82, 2.24) is 5.32 Å². The highest BCUT2D eigenvalue weighted by Crippen LogP contribution is 2.19. The molecule has 0 aromatic heterocycles. The van der Waals surface area contributed by atoms with Gasteiger partial charge in [0.25, 0.3) is 0 Å². The summed E-state index contributed by atoms with van der Waals surface area (Å²) in [5, 5.41) is 12.4. The van der Waals surface area contributed by atoms with Crippen molar-refractivity contribution in [1.29, 1.82) is 0 Å². The number of nitrogens with one attached hydrogen (secondary N) is 1. The Morgan fingerprint density at radius 3 is 2.75 bits per heavy atom. The first-order chi connectivity index (χ1) is 7.67. The third kappa shape index (κ3) is 3.83. The first kappa shape index (κ1) is 13.0. The fourth-order valence-corrected chi connectivity index (χ4v) is 1.61. The molecule has 2 N–H and O–H groups in total. The van der Waals surface area contributed by atoms with E-state index in [-0.39, 0.29) is 6.10 Å². The number of hydrogen-bond acceptors (Lipinski definition) is 3. The zero-order valence-corrected chi connectivity index (χ0v) is 10.3. The lowest BCUT2D eigenvalue weighted by Crippen LogP contribution is -2.24. The minimum absolute atomic E-state index is 0.319. The molecule has 0 saturated heterocycles. The Morgan fingerprint density at radius 2 is 2.19 bits per heavy atom. The summed E-state index contributed by atoms with van der Waals surface area (Å²) in [6.07, 6.45) is 0.702. The summed E-state index contributed by atoms with van der Waals surface area (Å²) in [6, 6.07) is 6.23. The third-order valence-corrected chi connectivity index (χ3v) is 2.51. The molecule has 16 heavy (non-hydrogen) atoms. The zero-order valence-electron chi connectivity index (χ0n) is 10.3. The van der Waals surface area contributed by atoms with Gasteiger partial charge in [-0.25, -0.2) is 0 Å². The van der Waals surface area contributed by atoms with Crippen LogP contribution in [-0.4, -0.2) is 24.9 Å². The van der Waals surface area contributed by atoms with E-state index in [9.17, 15) is 0 Å². The molecule has 0 bridgehead atoms. The van der Waals surface area contributed by atoms with Gasteiger partial charge < -0.3 is 15.2 Å². The number of aliphatic hydroxyl groups excluding tert-OH is 1. The van der Waals surface area contributed by atoms with E-state index >= 15 is 0 Å². The predicted molar refractivity (Wildman–Crippen MR) is 65.8 cm³/mol. The topological polar surface area (TPSA) is 41.5 Å². The van der Waals surface area contributed by atoms with Crippen molar-refractivity contribution in [3.05, 3.63) is 29.3 Å². The average Bonchev–Trinajstić information content (AvgIpc) is 2.28. The SMILES string of the molecule is CCc1ccc(OC)c(CNCC(C)O)c1. The fraction of sp³-hybridized carbons (Fsp3) is 0.538. The molecule has 0 saturated carbocycles. The predicted octanol–water partition coefficient (Wildman–Crippen LogP) is 1.73. The van der Waals surface area contributed by atoms with Crippen molar-refractivity contribution in [2.75, 3.05) is 13.7 Å². The maximum Gasteiger partial charge on any atom is 0.123 e. The summed E-state index contributed by atoms with van der Waals surface area (Å²) in [7, 11) is 1.68. The van der Waals surface area contributed by atoms with Crippen LogP contribution in [0, 0.1) is 0 Å². The summed E-state index contributed by atoms with van der Waals surface area (Å²) in [6.45, 7) is 5.23. The number of hydrogen-bond donors (Lipinski definition) is 2. The van der Waals surface area contributed by atoms with Gasteiger partial charge in [0.2, 0.25) is 0 Å². The molecule has 1 unspecified atom stereocenters. The molecule has 0 fully saturated rings. The highest BCUT2D eigenvalue weighted by Gasteiger charge is 2.04. The van der Waals surface area contributed by atoms with Crippen LogP contribution in [0.2, 0.25) is 0 Å². The van der Waals surface area contributed by atoms with Gasteiger partial charge in [-0.3, -0.25) is 0 Å². The Hall–Kier alpha value is -1.06. The van der Waals surface area contributed by atoms with E-state index in [1.807, 2.05) is 6.07 Å². The molecule has 90 valence electrons. The summed E-state index contributed by atoms with van der Waals surface area (Å²) in [5.74, 6) is 0.898. The number of aryl methyl sites for hydroxylation is 1. The van der Waals surface area contributed by atoms with Crippen LogP contribution < -0.4 is 10.1 Å². The highest BCUT2D eigenvalue weighted by atomic mass is 16.5. The molecule has 0 aliphatic rings. The van der Waals surface area contributed by atoms with Gasteiger partial charge in [0.05, 0.1) is 13.2 Å². The molecular formula is C13H21NO2. The lowest BCUT2D eigenvalue weighted by molar-refractivity contribution is 0.191. The van der Waals surface area contributed by atoms with E-state index < -0.39 is 0 Å². The Labute approximate surface area is 97.4 Å². The van der Waals surface area contributed by atoms with Gasteiger partial charge in [-0.2, -0.15) is 0 Å². The van der Waals surface area contributed by atoms with Crippen molar-refractivity contribution in [3.8, 4) is 5.75 Å². The largest absolute Gasteiger partial charge is 0.496 e. The first-order valence-corrected chi connectivity index (χ1v) is 5.72. The molecule has 3 heteroatoms. The number of methoxy groups -OCH3 is 1. The van der Waals surface area contributed by atoms with Gasteiger partial charge in [-0.15, -0.1) is 0 Å². The molecule has 0 spiro atoms. The smallest absolute Gasteiger partial charge is 0.123 e. The van der Waals surface area contributed by atoms with Crippen molar-refractivity contribution in [3.63, 3.8) is 0 Å². The van der Waals surface area contributed by atoms with Crippen LogP contribution in [-0.2, 0) is 13.0 Å². The van der Waals surface area contributed by atoms with Crippen LogP contribution in [0.15, 0.2) is 18.2 Å². The Balaban J connectivity index is 2.67. The number of benzene rings is 1. The van der Waals surface area contributed by atoms with Crippen LogP contribution >= 0.6 is 0 Å². The van der Waals surface area contributed by atoms with E-state index in [0.717, 1.165) is 24.3 Å². The van der Waals surface area contributed by atoms with E-state index in [0.29, 0.717) is 6.54 Å². The zero-order chi connectivity index (χ0) is 12.0. The molecule has 1 rings (SSSR count). The molecule has 1 aromatic rings. The first-order valence-electron chi connectivity index (χ1n) is 5.72. The number of rotatable bonds is 6. The van der Waals surface area contributed by atoms with Crippen molar-refractivity contribution in [2.24, 2.45) is 0 Å². The lowest BCUT2D eigenvalue weighted by Gasteiger charge is -2.12. The minimum Gasteiger partial charge on any atom is -0.496 e. The Kier molecular flexibility index (Phi) is 5.29. The van der Waals surface area contributed by atoms with Crippen molar-refractivity contribution < 1.29 is 9.84 Å². The fourth-order valence-electron chi connectivity index (χ4n) is 1.61. The molecule has 1 atom stereocenters. The summed E-state index contributed by atoms with van der Waals surface area (Å²) < 4.78 is 5.30. The van der Waals surface area contributed by atoms with Crippen LogP contribution in [0.5, 0.6) is 5.75 Å². The van der Waals surface area contributed by atoms with E-state index in [4.69, 9.17) is 9.84 Å². The van der Waals surface area contributed by atoms with Crippen LogP contribution in [0.1, 0.15) is 25.0 Å². The van der Waals surface area contributed by atoms with E-state index in [2.05, 4.69) is 24.4 Å². The summed E-state index contributed by atoms with van der Waals surface area (Å²) in [5.41, 5.74) is 2.44. The second-order valence-corrected chi connectivity index (χ2v) is 3.98. The van der Waals surface area contributed by atoms with Crippen LogP contribution in [0.25, 0.3) is 0 Å². The molecule has 1 aromatic carbocycles. The van der Waals surface area contributed by atoms with Gasteiger partial charge in [0.15, 0.2) is 0 Å². The maximum absolute atomic E-state index is 9.16. The minimum atomic E-state index is -0.319. The standard InChI is InChI=1S/C13H21NO2/c1-4-11-5-6-13(16-3)12(7-11)9-14-8-10(2)15/h5-7,10,14-15H,4,8-9H2,1-3H3. The van der Waals surface area contributed by atoms with E-state index in [1.165, 1.54) is 5.56 Å². The monoisotopic (exact) mass is 223 g/mol. The highest BCUT2D eigenvalue weighted by molar-refractivity contribution is 5.37. The van der Waals surface area contributed by atoms with Gasteiger partial charge in [0, 0.05) is 18.7 Å². The molecular weight excluding hydrogens is 202 g/mol. The van der Waals surface area contributed by atoms with Gasteiger partial charge >= 0.3 is 0 Å². The second-order valence-electron chi connectivity index (χ2n) is 3.98. The summed E-state index contributed by atoms with van der Waals surface area (Å²) in [4.78, 5) is 0. The molecule has 3 nitrogen and oxygen atoms in total. The van der Waals surface area contributed by atoms with Crippen LogP contribution in [0.4, 0.5) is 0 Å². The van der Waals surface area contributed by atoms with Crippen molar-refractivity contribution in [2.45, 2.75) is 32.9 Å². The van der Waals surface area contributed by atoms with Gasteiger partial charge in [-0.1, -0.05) is 19.1 Å². The number of ether oxygens (including phenoxy) is 1. The lowest BCUT2D eigenvalue weighted by atomic mass is 10.1.